The molecule has 1 aliphatic carbocycles. The van der Waals surface area contributed by atoms with Crippen LogP contribution in [0.2, 0.25) is 0 Å². The standard InChI is InChI=1S/C21H24N2O3/c1-14(2)26-18-9-7-16(8-10-18)22-19(24)21(11-12-21)20(25)23-17-6-4-5-15(3)13-17/h4-10,13-14H,11-12H2,1-3H3,(H,22,24)(H,23,25). The highest BCUT2D eigenvalue weighted by Crippen LogP contribution is 2.47. The van der Waals surface area contributed by atoms with Crippen molar-refractivity contribution in [1.29, 1.82) is 0 Å². The van der Waals surface area contributed by atoms with E-state index in [1.807, 2.05) is 57.2 Å². The van der Waals surface area contributed by atoms with Gasteiger partial charge in [0.15, 0.2) is 0 Å². The fourth-order valence-corrected chi connectivity index (χ4v) is 2.80. The number of hydrogen-bond acceptors (Lipinski definition) is 3. The Morgan fingerprint density at radius 2 is 1.58 bits per heavy atom. The smallest absolute Gasteiger partial charge is 0.240 e. The Morgan fingerprint density at radius 3 is 2.12 bits per heavy atom. The van der Waals surface area contributed by atoms with Crippen molar-refractivity contribution in [1.82, 2.24) is 0 Å². The highest BCUT2D eigenvalue weighted by molar-refractivity contribution is 6.16. The fraction of sp³-hybridized carbons (Fsp3) is 0.333. The van der Waals surface area contributed by atoms with Crippen LogP contribution in [-0.4, -0.2) is 17.9 Å². The van der Waals surface area contributed by atoms with E-state index in [1.165, 1.54) is 0 Å². The SMILES string of the molecule is Cc1cccc(NC(=O)C2(C(=O)Nc3ccc(OC(C)C)cc3)CC2)c1. The minimum absolute atomic E-state index is 0.0930. The molecule has 0 saturated heterocycles. The fourth-order valence-electron chi connectivity index (χ4n) is 2.80. The van der Waals surface area contributed by atoms with Crippen LogP contribution in [0.5, 0.6) is 5.75 Å². The molecular formula is C21H24N2O3. The van der Waals surface area contributed by atoms with Gasteiger partial charge in [-0.3, -0.25) is 9.59 Å². The van der Waals surface area contributed by atoms with Crippen molar-refractivity contribution in [3.63, 3.8) is 0 Å². The number of rotatable bonds is 6. The zero-order chi connectivity index (χ0) is 18.7. The first-order valence-corrected chi connectivity index (χ1v) is 8.85. The molecule has 0 aliphatic heterocycles. The van der Waals surface area contributed by atoms with Crippen molar-refractivity contribution in [2.75, 3.05) is 10.6 Å². The molecule has 0 heterocycles. The minimum Gasteiger partial charge on any atom is -0.491 e. The lowest BCUT2D eigenvalue weighted by Crippen LogP contribution is -2.35. The van der Waals surface area contributed by atoms with Gasteiger partial charge in [0.1, 0.15) is 11.2 Å². The second kappa shape index (κ2) is 7.20. The molecule has 5 nitrogen and oxygen atoms in total. The Hall–Kier alpha value is -2.82. The molecule has 0 atom stereocenters. The van der Waals surface area contributed by atoms with Crippen LogP contribution >= 0.6 is 0 Å². The Balaban J connectivity index is 1.64. The first kappa shape index (κ1) is 18.0. The number of hydrogen-bond donors (Lipinski definition) is 2. The van der Waals surface area contributed by atoms with Crippen LogP contribution in [0.15, 0.2) is 48.5 Å². The van der Waals surface area contributed by atoms with Crippen molar-refractivity contribution in [2.24, 2.45) is 5.41 Å². The molecule has 136 valence electrons. The predicted molar refractivity (Wildman–Crippen MR) is 102 cm³/mol. The molecule has 5 heteroatoms. The molecule has 1 aliphatic rings. The Kier molecular flexibility index (Phi) is 4.98. The molecule has 0 aromatic heterocycles. The van der Waals surface area contributed by atoms with Gasteiger partial charge in [-0.25, -0.2) is 0 Å². The number of aryl methyl sites for hydroxylation is 1. The number of benzene rings is 2. The summed E-state index contributed by atoms with van der Waals surface area (Å²) in [4.78, 5) is 25.3. The summed E-state index contributed by atoms with van der Waals surface area (Å²) in [6.07, 6.45) is 1.21. The Bertz CT molecular complexity index is 808. The molecule has 2 N–H and O–H groups in total. The number of carbonyl (C=O) groups excluding carboxylic acids is 2. The average Bonchev–Trinajstić information content (AvgIpc) is 3.38. The molecule has 2 aromatic rings. The molecule has 2 aromatic carbocycles. The van der Waals surface area contributed by atoms with Crippen molar-refractivity contribution < 1.29 is 14.3 Å². The van der Waals surface area contributed by atoms with Crippen LogP contribution in [0.1, 0.15) is 32.3 Å². The van der Waals surface area contributed by atoms with E-state index in [0.29, 0.717) is 24.2 Å². The first-order valence-electron chi connectivity index (χ1n) is 8.85. The van der Waals surface area contributed by atoms with Gasteiger partial charge in [0.05, 0.1) is 6.10 Å². The summed E-state index contributed by atoms with van der Waals surface area (Å²) in [6.45, 7) is 5.88. The summed E-state index contributed by atoms with van der Waals surface area (Å²) in [6, 6.07) is 14.7. The topological polar surface area (TPSA) is 67.4 Å². The maximum Gasteiger partial charge on any atom is 0.240 e. The lowest BCUT2D eigenvalue weighted by Gasteiger charge is -2.16. The van der Waals surface area contributed by atoms with Crippen molar-refractivity contribution in [3.8, 4) is 5.75 Å². The molecule has 1 fully saturated rings. The van der Waals surface area contributed by atoms with Gasteiger partial charge in [-0.1, -0.05) is 12.1 Å². The molecule has 0 spiro atoms. The van der Waals surface area contributed by atoms with E-state index in [9.17, 15) is 9.59 Å². The van der Waals surface area contributed by atoms with E-state index in [1.54, 1.807) is 12.1 Å². The summed E-state index contributed by atoms with van der Waals surface area (Å²) in [5.41, 5.74) is 1.45. The van der Waals surface area contributed by atoms with E-state index in [-0.39, 0.29) is 17.9 Å². The van der Waals surface area contributed by atoms with E-state index in [4.69, 9.17) is 4.74 Å². The van der Waals surface area contributed by atoms with Crippen LogP contribution in [0, 0.1) is 12.3 Å². The highest BCUT2D eigenvalue weighted by Gasteiger charge is 2.56. The molecule has 0 bridgehead atoms. The van der Waals surface area contributed by atoms with E-state index >= 15 is 0 Å². The second-order valence-electron chi connectivity index (χ2n) is 7.05. The third-order valence-corrected chi connectivity index (χ3v) is 4.38. The van der Waals surface area contributed by atoms with Crippen LogP contribution in [0.4, 0.5) is 11.4 Å². The van der Waals surface area contributed by atoms with Crippen molar-refractivity contribution in [3.05, 3.63) is 54.1 Å². The number of nitrogens with one attached hydrogen (secondary N) is 2. The van der Waals surface area contributed by atoms with Gasteiger partial charge >= 0.3 is 0 Å². The Morgan fingerprint density at radius 1 is 0.962 bits per heavy atom. The maximum atomic E-state index is 12.7. The third-order valence-electron chi connectivity index (χ3n) is 4.38. The summed E-state index contributed by atoms with van der Waals surface area (Å²) in [7, 11) is 0. The van der Waals surface area contributed by atoms with Crippen molar-refractivity contribution in [2.45, 2.75) is 39.7 Å². The average molecular weight is 352 g/mol. The molecular weight excluding hydrogens is 328 g/mol. The normalized spacial score (nSPS) is 14.6. The zero-order valence-electron chi connectivity index (χ0n) is 15.3. The molecule has 0 unspecified atom stereocenters. The first-order chi connectivity index (χ1) is 12.4. The van der Waals surface area contributed by atoms with Gasteiger partial charge in [0, 0.05) is 11.4 Å². The minimum atomic E-state index is -0.975. The van der Waals surface area contributed by atoms with Gasteiger partial charge in [-0.2, -0.15) is 0 Å². The summed E-state index contributed by atoms with van der Waals surface area (Å²) in [5.74, 6) is 0.233. The van der Waals surface area contributed by atoms with Crippen molar-refractivity contribution >= 4 is 23.2 Å². The molecule has 1 saturated carbocycles. The zero-order valence-corrected chi connectivity index (χ0v) is 15.3. The number of amides is 2. The third kappa shape index (κ3) is 4.04. The maximum absolute atomic E-state index is 12.7. The van der Waals surface area contributed by atoms with Crippen LogP contribution in [0.3, 0.4) is 0 Å². The lowest BCUT2D eigenvalue weighted by molar-refractivity contribution is -0.131. The number of anilines is 2. The van der Waals surface area contributed by atoms with Gasteiger partial charge in [-0.05, 0) is 75.6 Å². The molecule has 26 heavy (non-hydrogen) atoms. The lowest BCUT2D eigenvalue weighted by atomic mass is 10.0. The predicted octanol–water partition coefficient (Wildman–Crippen LogP) is 4.14. The van der Waals surface area contributed by atoms with Gasteiger partial charge < -0.3 is 15.4 Å². The van der Waals surface area contributed by atoms with Gasteiger partial charge in [0.25, 0.3) is 0 Å². The Labute approximate surface area is 153 Å². The van der Waals surface area contributed by atoms with Crippen LogP contribution in [-0.2, 0) is 9.59 Å². The van der Waals surface area contributed by atoms with Gasteiger partial charge in [-0.15, -0.1) is 0 Å². The van der Waals surface area contributed by atoms with Crippen LogP contribution < -0.4 is 15.4 Å². The van der Waals surface area contributed by atoms with Crippen LogP contribution in [0.25, 0.3) is 0 Å². The number of ether oxygens (including phenoxy) is 1. The van der Waals surface area contributed by atoms with E-state index in [2.05, 4.69) is 10.6 Å². The molecule has 0 radical (unpaired) electrons. The molecule has 3 rings (SSSR count). The largest absolute Gasteiger partial charge is 0.491 e. The summed E-state index contributed by atoms with van der Waals surface area (Å²) in [5, 5.41) is 5.71. The second-order valence-corrected chi connectivity index (χ2v) is 7.05. The van der Waals surface area contributed by atoms with E-state index in [0.717, 1.165) is 11.3 Å². The summed E-state index contributed by atoms with van der Waals surface area (Å²) >= 11 is 0. The quantitative estimate of drug-likeness (QED) is 0.768. The highest BCUT2D eigenvalue weighted by atomic mass is 16.5. The molecule has 2 amide bonds. The van der Waals surface area contributed by atoms with Gasteiger partial charge in [0.2, 0.25) is 11.8 Å². The summed E-state index contributed by atoms with van der Waals surface area (Å²) < 4.78 is 5.59. The number of carbonyl (C=O) groups is 2. The monoisotopic (exact) mass is 352 g/mol. The van der Waals surface area contributed by atoms with E-state index < -0.39 is 5.41 Å².